The first-order valence-electron chi connectivity index (χ1n) is 5.85. The molecule has 0 aromatic heterocycles. The van der Waals surface area contributed by atoms with Gasteiger partial charge in [-0.15, -0.1) is 0 Å². The fraction of sp³-hybridized carbons (Fsp3) is 0.818. The number of carbonyl (C=O) groups is 2. The average molecular weight is 244 g/mol. The van der Waals surface area contributed by atoms with Crippen molar-refractivity contribution in [2.75, 3.05) is 19.7 Å². The Balaban J connectivity index is 2.59. The lowest BCUT2D eigenvalue weighted by molar-refractivity contribution is -0.144. The fourth-order valence-corrected chi connectivity index (χ4v) is 1.92. The van der Waals surface area contributed by atoms with Crippen molar-refractivity contribution in [2.45, 2.75) is 32.2 Å². The van der Waals surface area contributed by atoms with Crippen molar-refractivity contribution in [3.63, 3.8) is 0 Å². The Kier molecular flexibility index (Phi) is 4.89. The standard InChI is InChI=1S/C11H20N2O4/c1-11(3-5-12-6-4-11)10(17)13-8(2-7-14)9(15)16/h8,12,14H,2-7H2,1H3,(H,13,17)(H,15,16)/t8-/m1/s1. The van der Waals surface area contributed by atoms with E-state index in [1.54, 1.807) is 0 Å². The summed E-state index contributed by atoms with van der Waals surface area (Å²) in [7, 11) is 0. The van der Waals surface area contributed by atoms with Gasteiger partial charge in [0.25, 0.3) is 0 Å². The number of piperidine rings is 1. The van der Waals surface area contributed by atoms with Crippen molar-refractivity contribution in [1.82, 2.24) is 10.6 Å². The molecule has 1 saturated heterocycles. The number of aliphatic hydroxyl groups excluding tert-OH is 1. The van der Waals surface area contributed by atoms with Gasteiger partial charge in [-0.25, -0.2) is 4.79 Å². The quantitative estimate of drug-likeness (QED) is 0.514. The van der Waals surface area contributed by atoms with E-state index < -0.39 is 17.4 Å². The zero-order valence-electron chi connectivity index (χ0n) is 10.0. The molecule has 6 heteroatoms. The zero-order valence-corrected chi connectivity index (χ0v) is 10.0. The number of aliphatic hydroxyl groups is 1. The number of rotatable bonds is 5. The first-order valence-corrected chi connectivity index (χ1v) is 5.85. The highest BCUT2D eigenvalue weighted by Gasteiger charge is 2.36. The second kappa shape index (κ2) is 5.97. The lowest BCUT2D eigenvalue weighted by atomic mass is 9.80. The molecular weight excluding hydrogens is 224 g/mol. The van der Waals surface area contributed by atoms with Crippen LogP contribution in [0.3, 0.4) is 0 Å². The number of hydrogen-bond acceptors (Lipinski definition) is 4. The van der Waals surface area contributed by atoms with Gasteiger partial charge in [-0.3, -0.25) is 4.79 Å². The number of amides is 1. The number of aliphatic carboxylic acids is 1. The Morgan fingerprint density at radius 3 is 2.47 bits per heavy atom. The molecule has 1 heterocycles. The van der Waals surface area contributed by atoms with Gasteiger partial charge in [0.15, 0.2) is 0 Å². The molecule has 1 atom stereocenters. The molecule has 0 aromatic carbocycles. The number of carbonyl (C=O) groups excluding carboxylic acids is 1. The molecule has 6 nitrogen and oxygen atoms in total. The van der Waals surface area contributed by atoms with E-state index in [9.17, 15) is 9.59 Å². The van der Waals surface area contributed by atoms with E-state index in [1.165, 1.54) is 0 Å². The normalized spacial score (nSPS) is 20.6. The molecule has 17 heavy (non-hydrogen) atoms. The van der Waals surface area contributed by atoms with Gasteiger partial charge in [-0.1, -0.05) is 6.92 Å². The van der Waals surface area contributed by atoms with Crippen LogP contribution in [-0.4, -0.2) is 47.8 Å². The summed E-state index contributed by atoms with van der Waals surface area (Å²) < 4.78 is 0. The smallest absolute Gasteiger partial charge is 0.326 e. The van der Waals surface area contributed by atoms with Crippen LogP contribution in [0.25, 0.3) is 0 Å². The van der Waals surface area contributed by atoms with Gasteiger partial charge in [0.05, 0.1) is 0 Å². The summed E-state index contributed by atoms with van der Waals surface area (Å²) in [6.45, 7) is 3.12. The van der Waals surface area contributed by atoms with E-state index >= 15 is 0 Å². The monoisotopic (exact) mass is 244 g/mol. The molecule has 0 aromatic rings. The zero-order chi connectivity index (χ0) is 12.9. The maximum atomic E-state index is 12.0. The van der Waals surface area contributed by atoms with Crippen LogP contribution in [0.15, 0.2) is 0 Å². The van der Waals surface area contributed by atoms with Crippen LogP contribution >= 0.6 is 0 Å². The molecule has 0 aliphatic carbocycles. The van der Waals surface area contributed by atoms with Gasteiger partial charge in [0.2, 0.25) is 5.91 Å². The highest BCUT2D eigenvalue weighted by molar-refractivity contribution is 5.87. The summed E-state index contributed by atoms with van der Waals surface area (Å²) in [5.41, 5.74) is -0.506. The van der Waals surface area contributed by atoms with E-state index in [0.29, 0.717) is 12.8 Å². The van der Waals surface area contributed by atoms with Crippen molar-refractivity contribution >= 4 is 11.9 Å². The third-order valence-electron chi connectivity index (χ3n) is 3.28. The Hall–Kier alpha value is -1.14. The Bertz CT molecular complexity index is 287. The first kappa shape index (κ1) is 13.9. The molecule has 0 unspecified atom stereocenters. The highest BCUT2D eigenvalue weighted by Crippen LogP contribution is 2.28. The number of hydrogen-bond donors (Lipinski definition) is 4. The van der Waals surface area contributed by atoms with E-state index in [1.807, 2.05) is 6.92 Å². The third kappa shape index (κ3) is 3.67. The Morgan fingerprint density at radius 2 is 2.00 bits per heavy atom. The second-order valence-corrected chi connectivity index (χ2v) is 4.69. The van der Waals surface area contributed by atoms with Crippen LogP contribution in [0.5, 0.6) is 0 Å². The van der Waals surface area contributed by atoms with Crippen LogP contribution in [-0.2, 0) is 9.59 Å². The predicted octanol–water partition coefficient (Wildman–Crippen LogP) is -0.672. The number of nitrogens with one attached hydrogen (secondary N) is 2. The molecule has 0 bridgehead atoms. The summed E-state index contributed by atoms with van der Waals surface area (Å²) in [5.74, 6) is -1.34. The van der Waals surface area contributed by atoms with Gasteiger partial charge < -0.3 is 20.8 Å². The molecule has 4 N–H and O–H groups in total. The van der Waals surface area contributed by atoms with Crippen molar-refractivity contribution < 1.29 is 19.8 Å². The van der Waals surface area contributed by atoms with Crippen molar-refractivity contribution in [3.05, 3.63) is 0 Å². The first-order chi connectivity index (χ1) is 7.99. The van der Waals surface area contributed by atoms with Gasteiger partial charge >= 0.3 is 5.97 Å². The van der Waals surface area contributed by atoms with Gasteiger partial charge in [0.1, 0.15) is 6.04 Å². The van der Waals surface area contributed by atoms with Crippen LogP contribution < -0.4 is 10.6 Å². The molecule has 1 aliphatic heterocycles. The average Bonchev–Trinajstić information content (AvgIpc) is 2.29. The van der Waals surface area contributed by atoms with E-state index in [-0.39, 0.29) is 18.9 Å². The van der Waals surface area contributed by atoms with Crippen molar-refractivity contribution in [1.29, 1.82) is 0 Å². The van der Waals surface area contributed by atoms with E-state index in [4.69, 9.17) is 10.2 Å². The molecule has 1 aliphatic rings. The van der Waals surface area contributed by atoms with Crippen LogP contribution in [0, 0.1) is 5.41 Å². The molecule has 98 valence electrons. The molecule has 0 spiro atoms. The minimum Gasteiger partial charge on any atom is -0.480 e. The Morgan fingerprint density at radius 1 is 1.41 bits per heavy atom. The molecule has 0 saturated carbocycles. The number of carboxylic acid groups (broad SMARTS) is 1. The fourth-order valence-electron chi connectivity index (χ4n) is 1.92. The largest absolute Gasteiger partial charge is 0.480 e. The number of carboxylic acids is 1. The lowest BCUT2D eigenvalue weighted by Gasteiger charge is -2.33. The van der Waals surface area contributed by atoms with E-state index in [2.05, 4.69) is 10.6 Å². The Labute approximate surface area is 100 Å². The van der Waals surface area contributed by atoms with Crippen LogP contribution in [0.1, 0.15) is 26.2 Å². The topological polar surface area (TPSA) is 98.7 Å². The summed E-state index contributed by atoms with van der Waals surface area (Å²) in [5, 5.41) is 23.3. The minimum atomic E-state index is -1.11. The van der Waals surface area contributed by atoms with Crippen molar-refractivity contribution in [3.8, 4) is 0 Å². The predicted molar refractivity (Wildman–Crippen MR) is 61.5 cm³/mol. The van der Waals surface area contributed by atoms with Crippen LogP contribution in [0.2, 0.25) is 0 Å². The van der Waals surface area contributed by atoms with Gasteiger partial charge in [-0.05, 0) is 25.9 Å². The SMILES string of the molecule is CC1(C(=O)N[C@H](CCO)C(=O)O)CCNCC1. The summed E-state index contributed by atoms with van der Waals surface area (Å²) in [6.07, 6.45) is 1.43. The molecule has 0 radical (unpaired) electrons. The third-order valence-corrected chi connectivity index (χ3v) is 3.28. The summed E-state index contributed by atoms with van der Waals surface area (Å²) in [4.78, 5) is 22.9. The lowest BCUT2D eigenvalue weighted by Crippen LogP contribution is -2.51. The molecule has 1 amide bonds. The van der Waals surface area contributed by atoms with Gasteiger partial charge in [-0.2, -0.15) is 0 Å². The van der Waals surface area contributed by atoms with Crippen LogP contribution in [0.4, 0.5) is 0 Å². The highest BCUT2D eigenvalue weighted by atomic mass is 16.4. The summed E-state index contributed by atoms with van der Waals surface area (Å²) in [6, 6.07) is -1.00. The van der Waals surface area contributed by atoms with E-state index in [0.717, 1.165) is 13.1 Å². The summed E-state index contributed by atoms with van der Waals surface area (Å²) >= 11 is 0. The van der Waals surface area contributed by atoms with Gasteiger partial charge in [0, 0.05) is 18.4 Å². The minimum absolute atomic E-state index is 0.0371. The maximum absolute atomic E-state index is 12.0. The second-order valence-electron chi connectivity index (χ2n) is 4.69. The molecular formula is C11H20N2O4. The molecule has 1 fully saturated rings. The molecule has 1 rings (SSSR count). The maximum Gasteiger partial charge on any atom is 0.326 e. The van der Waals surface area contributed by atoms with Crippen molar-refractivity contribution in [2.24, 2.45) is 5.41 Å².